The van der Waals surface area contributed by atoms with Crippen LogP contribution in [0.1, 0.15) is 71.0 Å². The maximum absolute atomic E-state index is 12.9. The van der Waals surface area contributed by atoms with E-state index in [0.717, 1.165) is 37.7 Å². The summed E-state index contributed by atoms with van der Waals surface area (Å²) in [5.74, 6) is 2.86. The van der Waals surface area contributed by atoms with E-state index in [4.69, 9.17) is 12.2 Å². The van der Waals surface area contributed by atoms with Gasteiger partial charge in [-0.1, -0.05) is 20.8 Å². The highest BCUT2D eigenvalue weighted by Gasteiger charge is 2.35. The first-order chi connectivity index (χ1) is 11.7. The number of hydrogen-bond donors (Lipinski definition) is 1. The zero-order valence-corrected chi connectivity index (χ0v) is 16.9. The Balaban J connectivity index is 1.62. The largest absolute Gasteiger partial charge is 0.342 e. The van der Waals surface area contributed by atoms with E-state index in [0.29, 0.717) is 28.4 Å². The van der Waals surface area contributed by atoms with Gasteiger partial charge in [-0.25, -0.2) is 0 Å². The van der Waals surface area contributed by atoms with Gasteiger partial charge in [0.2, 0.25) is 5.91 Å². The maximum atomic E-state index is 12.9. The molecule has 1 aliphatic carbocycles. The maximum Gasteiger partial charge on any atom is 0.222 e. The van der Waals surface area contributed by atoms with Gasteiger partial charge in [0.05, 0.1) is 0 Å². The summed E-state index contributed by atoms with van der Waals surface area (Å²) in [5, 5.41) is 7.26. The third-order valence-electron chi connectivity index (χ3n) is 5.99. The van der Waals surface area contributed by atoms with E-state index in [1.165, 1.54) is 19.3 Å². The molecule has 2 aliphatic rings. The highest BCUT2D eigenvalue weighted by Crippen LogP contribution is 2.43. The van der Waals surface area contributed by atoms with Crippen molar-refractivity contribution in [3.63, 3.8) is 0 Å². The third kappa shape index (κ3) is 4.33. The molecule has 2 heterocycles. The fourth-order valence-corrected chi connectivity index (χ4v) is 5.35. The van der Waals surface area contributed by atoms with Gasteiger partial charge in [-0.15, -0.1) is 0 Å². The first-order valence-corrected chi connectivity index (χ1v) is 10.0. The molecule has 1 saturated heterocycles. The fraction of sp³-hybridized carbons (Fsp3) is 0.842. The van der Waals surface area contributed by atoms with E-state index in [9.17, 15) is 4.79 Å². The molecule has 1 aliphatic heterocycles. The minimum Gasteiger partial charge on any atom is -0.342 e. The summed E-state index contributed by atoms with van der Waals surface area (Å²) >= 11 is 5.23. The van der Waals surface area contributed by atoms with Crippen LogP contribution in [0.25, 0.3) is 0 Å². The molecule has 0 aromatic carbocycles. The van der Waals surface area contributed by atoms with Gasteiger partial charge < -0.3 is 9.47 Å². The average Bonchev–Trinajstić information content (AvgIpc) is 2.85. The van der Waals surface area contributed by atoms with Crippen LogP contribution in [0.2, 0.25) is 0 Å². The minimum atomic E-state index is 0.289. The number of hydrogen-bond acceptors (Lipinski definition) is 3. The van der Waals surface area contributed by atoms with Crippen LogP contribution in [0, 0.1) is 22.0 Å². The normalized spacial score (nSPS) is 29.6. The summed E-state index contributed by atoms with van der Waals surface area (Å²) in [6.07, 6.45) is 6.48. The van der Waals surface area contributed by atoms with E-state index in [1.807, 2.05) is 11.6 Å². The van der Waals surface area contributed by atoms with Gasteiger partial charge in [0.25, 0.3) is 0 Å². The Morgan fingerprint density at radius 2 is 2.16 bits per heavy atom. The highest BCUT2D eigenvalue weighted by atomic mass is 32.1. The monoisotopic (exact) mass is 364 g/mol. The lowest BCUT2D eigenvalue weighted by Crippen LogP contribution is -2.41. The van der Waals surface area contributed by atoms with Gasteiger partial charge in [-0.05, 0) is 61.6 Å². The quantitative estimate of drug-likeness (QED) is 0.824. The number of nitrogens with one attached hydrogen (secondary N) is 1. The molecule has 140 valence electrons. The Kier molecular flexibility index (Phi) is 5.37. The molecule has 2 fully saturated rings. The van der Waals surface area contributed by atoms with Crippen molar-refractivity contribution >= 4 is 18.1 Å². The van der Waals surface area contributed by atoms with Gasteiger partial charge >= 0.3 is 0 Å². The average molecular weight is 365 g/mol. The molecule has 0 spiro atoms. The molecular formula is C19H32N4OS. The van der Waals surface area contributed by atoms with Gasteiger partial charge in [0, 0.05) is 32.5 Å². The van der Waals surface area contributed by atoms with E-state index < -0.39 is 0 Å². The van der Waals surface area contributed by atoms with Crippen molar-refractivity contribution in [3.05, 3.63) is 10.6 Å². The standard InChI is InChI=1S/C19H32N4OS/c1-13-8-14(11-19(2,3)10-13)9-16(24)23-7-5-6-15(12-23)17-20-21-18(25)22(17)4/h13-15H,5-12H2,1-4H3,(H,21,25). The summed E-state index contributed by atoms with van der Waals surface area (Å²) in [7, 11) is 1.95. The Labute approximate surface area is 156 Å². The molecule has 0 radical (unpaired) electrons. The molecular weight excluding hydrogens is 332 g/mol. The molecule has 3 atom stereocenters. The number of rotatable bonds is 3. The molecule has 5 nitrogen and oxygen atoms in total. The number of likely N-dealkylation sites (tertiary alicyclic amines) is 1. The summed E-state index contributed by atoms with van der Waals surface area (Å²) < 4.78 is 2.59. The fourth-order valence-electron chi connectivity index (χ4n) is 5.21. The van der Waals surface area contributed by atoms with Crippen molar-refractivity contribution in [1.82, 2.24) is 19.7 Å². The number of H-pyrrole nitrogens is 1. The molecule has 1 amide bonds. The third-order valence-corrected chi connectivity index (χ3v) is 6.36. The van der Waals surface area contributed by atoms with Crippen LogP contribution in [0.5, 0.6) is 0 Å². The molecule has 6 heteroatoms. The molecule has 0 bridgehead atoms. The Bertz CT molecular complexity index is 677. The predicted octanol–water partition coefficient (Wildman–Crippen LogP) is 4.04. The lowest BCUT2D eigenvalue weighted by molar-refractivity contribution is -0.134. The Hall–Kier alpha value is -1.17. The predicted molar refractivity (Wildman–Crippen MR) is 102 cm³/mol. The van der Waals surface area contributed by atoms with E-state index >= 15 is 0 Å². The number of piperidine rings is 1. The van der Waals surface area contributed by atoms with Crippen molar-refractivity contribution in [3.8, 4) is 0 Å². The summed E-state index contributed by atoms with van der Waals surface area (Å²) in [4.78, 5) is 15.0. The van der Waals surface area contributed by atoms with Crippen LogP contribution in [-0.4, -0.2) is 38.7 Å². The van der Waals surface area contributed by atoms with Gasteiger partial charge in [0.1, 0.15) is 5.82 Å². The van der Waals surface area contributed by atoms with E-state index in [2.05, 4.69) is 35.9 Å². The zero-order valence-electron chi connectivity index (χ0n) is 16.0. The number of amides is 1. The van der Waals surface area contributed by atoms with Crippen LogP contribution in [-0.2, 0) is 11.8 Å². The summed E-state index contributed by atoms with van der Waals surface area (Å²) in [6.45, 7) is 8.69. The number of nitrogens with zero attached hydrogens (tertiary/aromatic N) is 3. The molecule has 1 aromatic rings. The Morgan fingerprint density at radius 3 is 2.80 bits per heavy atom. The van der Waals surface area contributed by atoms with Crippen LogP contribution in [0.3, 0.4) is 0 Å². The van der Waals surface area contributed by atoms with Crippen LogP contribution in [0.15, 0.2) is 0 Å². The molecule has 1 saturated carbocycles. The summed E-state index contributed by atoms with van der Waals surface area (Å²) in [6, 6.07) is 0. The van der Waals surface area contributed by atoms with Gasteiger partial charge in [0.15, 0.2) is 4.77 Å². The molecule has 3 unspecified atom stereocenters. The first-order valence-electron chi connectivity index (χ1n) is 9.64. The summed E-state index contributed by atoms with van der Waals surface area (Å²) in [5.41, 5.74) is 0.371. The van der Waals surface area contributed by atoms with Crippen LogP contribution < -0.4 is 0 Å². The zero-order chi connectivity index (χ0) is 18.2. The van der Waals surface area contributed by atoms with Crippen molar-refractivity contribution in [2.45, 2.75) is 65.2 Å². The molecule has 1 aromatic heterocycles. The van der Waals surface area contributed by atoms with Crippen LogP contribution >= 0.6 is 12.2 Å². The number of aromatic amines is 1. The van der Waals surface area contributed by atoms with E-state index in [1.54, 1.807) is 0 Å². The second-order valence-electron chi connectivity index (χ2n) is 9.11. The second-order valence-corrected chi connectivity index (χ2v) is 9.50. The SMILES string of the molecule is CC1CC(CC(=O)N2CCCC(c3n[nH]c(=S)n3C)C2)CC(C)(C)C1. The lowest BCUT2D eigenvalue weighted by atomic mass is 9.67. The molecule has 3 rings (SSSR count). The number of aromatic nitrogens is 3. The lowest BCUT2D eigenvalue weighted by Gasteiger charge is -2.40. The van der Waals surface area contributed by atoms with Crippen molar-refractivity contribution < 1.29 is 4.79 Å². The number of carbonyl (C=O) groups is 1. The minimum absolute atomic E-state index is 0.289. The Morgan fingerprint density at radius 1 is 1.40 bits per heavy atom. The van der Waals surface area contributed by atoms with Gasteiger partial charge in [-0.3, -0.25) is 9.89 Å². The van der Waals surface area contributed by atoms with Crippen LogP contribution in [0.4, 0.5) is 0 Å². The molecule has 25 heavy (non-hydrogen) atoms. The van der Waals surface area contributed by atoms with Crippen molar-refractivity contribution in [2.75, 3.05) is 13.1 Å². The van der Waals surface area contributed by atoms with Gasteiger partial charge in [-0.2, -0.15) is 5.10 Å². The van der Waals surface area contributed by atoms with E-state index in [-0.39, 0.29) is 5.92 Å². The smallest absolute Gasteiger partial charge is 0.222 e. The number of carbonyl (C=O) groups excluding carboxylic acids is 1. The molecule has 1 N–H and O–H groups in total. The topological polar surface area (TPSA) is 53.9 Å². The van der Waals surface area contributed by atoms with Crippen molar-refractivity contribution in [1.29, 1.82) is 0 Å². The van der Waals surface area contributed by atoms with Crippen molar-refractivity contribution in [2.24, 2.45) is 24.3 Å². The first kappa shape index (κ1) is 18.6. The second kappa shape index (κ2) is 7.22. The highest BCUT2D eigenvalue weighted by molar-refractivity contribution is 7.71.